The molecule has 0 aromatic carbocycles. The maximum absolute atomic E-state index is 10.3. The van der Waals surface area contributed by atoms with Gasteiger partial charge in [0.15, 0.2) is 6.10 Å². The minimum Gasteiger partial charge on any atom is -0.479 e. The number of primary amides is 1. The fraction of sp³-hybridized carbons (Fsp3) is 0.667. The lowest BCUT2D eigenvalue weighted by atomic mass is 9.98. The van der Waals surface area contributed by atoms with Crippen LogP contribution in [0.25, 0.3) is 0 Å². The van der Waals surface area contributed by atoms with Crippen LogP contribution in [0.1, 0.15) is 6.92 Å². The Hall–Kier alpha value is -1.14. The number of aliphatic carboxylic acids is 1. The molecule has 3 unspecified atom stereocenters. The van der Waals surface area contributed by atoms with Gasteiger partial charge in [0.25, 0.3) is 0 Å². The summed E-state index contributed by atoms with van der Waals surface area (Å²) < 4.78 is 0. The van der Waals surface area contributed by atoms with E-state index >= 15 is 0 Å². The maximum atomic E-state index is 10.3. The number of carboxylic acids is 1. The van der Waals surface area contributed by atoms with Crippen LogP contribution in [0.15, 0.2) is 0 Å². The van der Waals surface area contributed by atoms with Crippen molar-refractivity contribution in [2.45, 2.75) is 19.1 Å². The van der Waals surface area contributed by atoms with E-state index in [0.29, 0.717) is 0 Å². The van der Waals surface area contributed by atoms with E-state index in [2.05, 4.69) is 5.73 Å². The molecule has 0 aliphatic carbocycles. The van der Waals surface area contributed by atoms with Gasteiger partial charge >= 0.3 is 5.97 Å². The molecule has 5 N–H and O–H groups in total. The van der Waals surface area contributed by atoms with Crippen LogP contribution in [-0.4, -0.2) is 39.4 Å². The Balaban J connectivity index is 4.28. The first-order valence-electron chi connectivity index (χ1n) is 3.26. The topological polar surface area (TPSA) is 121 Å². The van der Waals surface area contributed by atoms with Gasteiger partial charge in [-0.3, -0.25) is 4.79 Å². The van der Waals surface area contributed by atoms with E-state index in [1.54, 1.807) is 0 Å². The molecule has 0 saturated heterocycles. The molecule has 0 aliphatic heterocycles. The lowest BCUT2D eigenvalue weighted by Crippen LogP contribution is -2.42. The number of aliphatic hydroxyl groups excluding tert-OH is 2. The predicted molar refractivity (Wildman–Crippen MR) is 38.0 cm³/mol. The van der Waals surface area contributed by atoms with Crippen molar-refractivity contribution in [3.63, 3.8) is 0 Å². The standard InChI is InChI=1S/C6H11NO5/c1-2(3(8)5(7)10)4(9)6(11)12/h2-4,8-9H,1H3,(H2,7,10)(H,11,12). The second-order valence-electron chi connectivity index (χ2n) is 2.49. The van der Waals surface area contributed by atoms with Gasteiger partial charge in [0.05, 0.1) is 0 Å². The van der Waals surface area contributed by atoms with E-state index in [0.717, 1.165) is 0 Å². The number of hydrogen-bond acceptors (Lipinski definition) is 4. The average Bonchev–Trinajstić information content (AvgIpc) is 2.00. The largest absolute Gasteiger partial charge is 0.479 e. The van der Waals surface area contributed by atoms with Crippen LogP contribution in [-0.2, 0) is 9.59 Å². The second-order valence-corrected chi connectivity index (χ2v) is 2.49. The molecule has 70 valence electrons. The molecular formula is C6H11NO5. The van der Waals surface area contributed by atoms with Crippen molar-refractivity contribution >= 4 is 11.9 Å². The zero-order valence-corrected chi connectivity index (χ0v) is 6.47. The first-order valence-corrected chi connectivity index (χ1v) is 3.26. The van der Waals surface area contributed by atoms with Crippen LogP contribution < -0.4 is 5.73 Å². The summed E-state index contributed by atoms with van der Waals surface area (Å²) in [5.41, 5.74) is 4.68. The Morgan fingerprint density at radius 3 is 1.92 bits per heavy atom. The second kappa shape index (κ2) is 4.03. The summed E-state index contributed by atoms with van der Waals surface area (Å²) in [6.45, 7) is 1.22. The fourth-order valence-electron chi connectivity index (χ4n) is 0.657. The van der Waals surface area contributed by atoms with Gasteiger partial charge in [-0.1, -0.05) is 6.92 Å². The highest BCUT2D eigenvalue weighted by molar-refractivity contribution is 5.80. The lowest BCUT2D eigenvalue weighted by Gasteiger charge is -2.18. The van der Waals surface area contributed by atoms with Gasteiger partial charge in [0.2, 0.25) is 5.91 Å². The van der Waals surface area contributed by atoms with Crippen molar-refractivity contribution in [2.24, 2.45) is 11.7 Å². The molecule has 1 amide bonds. The molecule has 0 aromatic rings. The molecule has 6 nitrogen and oxygen atoms in total. The fourth-order valence-corrected chi connectivity index (χ4v) is 0.657. The van der Waals surface area contributed by atoms with Gasteiger partial charge in [-0.25, -0.2) is 4.79 Å². The summed E-state index contributed by atoms with van der Waals surface area (Å²) in [6.07, 6.45) is -3.43. The summed E-state index contributed by atoms with van der Waals surface area (Å²) in [5, 5.41) is 26.0. The highest BCUT2D eigenvalue weighted by Crippen LogP contribution is 2.08. The van der Waals surface area contributed by atoms with Gasteiger partial charge < -0.3 is 21.1 Å². The van der Waals surface area contributed by atoms with E-state index < -0.39 is 30.0 Å². The molecule has 12 heavy (non-hydrogen) atoms. The summed E-state index contributed by atoms with van der Waals surface area (Å²) in [4.78, 5) is 20.5. The van der Waals surface area contributed by atoms with Crippen molar-refractivity contribution in [3.05, 3.63) is 0 Å². The van der Waals surface area contributed by atoms with E-state index in [9.17, 15) is 9.59 Å². The smallest absolute Gasteiger partial charge is 0.332 e. The molecule has 0 saturated carbocycles. The zero-order chi connectivity index (χ0) is 9.89. The number of carboxylic acid groups (broad SMARTS) is 1. The van der Waals surface area contributed by atoms with Gasteiger partial charge in [-0.05, 0) is 0 Å². The molecular weight excluding hydrogens is 166 g/mol. The number of aliphatic hydroxyl groups is 2. The Labute approximate surface area is 68.6 Å². The number of hydrogen-bond donors (Lipinski definition) is 4. The summed E-state index contributed by atoms with van der Waals surface area (Å²) in [6, 6.07) is 0. The van der Waals surface area contributed by atoms with Crippen LogP contribution in [0.5, 0.6) is 0 Å². The van der Waals surface area contributed by atoms with Crippen molar-refractivity contribution in [1.82, 2.24) is 0 Å². The van der Waals surface area contributed by atoms with E-state index in [-0.39, 0.29) is 0 Å². The number of carbonyl (C=O) groups excluding carboxylic acids is 1. The minimum absolute atomic E-state index is 1.05. The molecule has 0 radical (unpaired) electrons. The van der Waals surface area contributed by atoms with Crippen molar-refractivity contribution in [1.29, 1.82) is 0 Å². The molecule has 0 aliphatic rings. The van der Waals surface area contributed by atoms with Crippen LogP contribution in [0.4, 0.5) is 0 Å². The number of amides is 1. The van der Waals surface area contributed by atoms with Gasteiger partial charge in [0.1, 0.15) is 6.10 Å². The van der Waals surface area contributed by atoms with Crippen LogP contribution in [0.3, 0.4) is 0 Å². The summed E-state index contributed by atoms with van der Waals surface area (Å²) >= 11 is 0. The molecule has 0 fully saturated rings. The Morgan fingerprint density at radius 1 is 1.25 bits per heavy atom. The van der Waals surface area contributed by atoms with E-state index in [4.69, 9.17) is 15.3 Å². The molecule has 0 heterocycles. The summed E-state index contributed by atoms with van der Waals surface area (Å²) in [7, 11) is 0. The normalized spacial score (nSPS) is 17.9. The SMILES string of the molecule is CC(C(O)C(N)=O)C(O)C(=O)O. The third-order valence-electron chi connectivity index (χ3n) is 1.54. The Morgan fingerprint density at radius 2 is 1.67 bits per heavy atom. The van der Waals surface area contributed by atoms with Crippen molar-refractivity contribution in [2.75, 3.05) is 0 Å². The zero-order valence-electron chi connectivity index (χ0n) is 6.47. The molecule has 3 atom stereocenters. The average molecular weight is 177 g/mol. The van der Waals surface area contributed by atoms with E-state index in [1.807, 2.05) is 0 Å². The minimum atomic E-state index is -1.78. The van der Waals surface area contributed by atoms with Gasteiger partial charge in [-0.2, -0.15) is 0 Å². The number of nitrogens with two attached hydrogens (primary N) is 1. The molecule has 0 bridgehead atoms. The van der Waals surface area contributed by atoms with Crippen LogP contribution in [0.2, 0.25) is 0 Å². The first kappa shape index (κ1) is 10.9. The first-order chi connectivity index (χ1) is 5.37. The van der Waals surface area contributed by atoms with Crippen LogP contribution >= 0.6 is 0 Å². The third-order valence-corrected chi connectivity index (χ3v) is 1.54. The quantitative estimate of drug-likeness (QED) is 0.392. The van der Waals surface area contributed by atoms with E-state index in [1.165, 1.54) is 6.92 Å². The molecule has 0 aromatic heterocycles. The summed E-state index contributed by atoms with van der Waals surface area (Å²) in [5.74, 6) is -3.66. The van der Waals surface area contributed by atoms with Crippen molar-refractivity contribution in [3.8, 4) is 0 Å². The van der Waals surface area contributed by atoms with Gasteiger partial charge in [0, 0.05) is 5.92 Å². The molecule has 0 spiro atoms. The predicted octanol–water partition coefficient (Wildman–Crippen LogP) is -2.09. The molecule has 6 heteroatoms. The van der Waals surface area contributed by atoms with Crippen molar-refractivity contribution < 1.29 is 24.9 Å². The number of carbonyl (C=O) groups is 2. The highest BCUT2D eigenvalue weighted by Gasteiger charge is 2.30. The third kappa shape index (κ3) is 2.48. The lowest BCUT2D eigenvalue weighted by molar-refractivity contribution is -0.153. The monoisotopic (exact) mass is 177 g/mol. The highest BCUT2D eigenvalue weighted by atomic mass is 16.4. The van der Waals surface area contributed by atoms with Gasteiger partial charge in [-0.15, -0.1) is 0 Å². The Bertz CT molecular complexity index is 172. The Kier molecular flexibility index (Phi) is 3.65. The maximum Gasteiger partial charge on any atom is 0.332 e. The number of rotatable bonds is 4. The molecule has 0 rings (SSSR count). The van der Waals surface area contributed by atoms with Crippen LogP contribution in [0, 0.1) is 5.92 Å².